The summed E-state index contributed by atoms with van der Waals surface area (Å²) in [7, 11) is 0. The molecule has 76 valence electrons. The zero-order valence-corrected chi connectivity index (χ0v) is 9.22. The first kappa shape index (κ1) is 10.0. The van der Waals surface area contributed by atoms with E-state index in [1.54, 1.807) is 0 Å². The van der Waals surface area contributed by atoms with Gasteiger partial charge in [-0.3, -0.25) is 0 Å². The first-order valence-corrected chi connectivity index (χ1v) is 5.56. The predicted octanol–water partition coefficient (Wildman–Crippen LogP) is 3.10. The molecule has 2 heteroatoms. The van der Waals surface area contributed by atoms with Crippen LogP contribution in [0.15, 0.2) is 18.2 Å². The molecule has 0 radical (unpaired) electrons. The van der Waals surface area contributed by atoms with Crippen molar-refractivity contribution < 1.29 is 0 Å². The molecule has 2 N–H and O–H groups in total. The van der Waals surface area contributed by atoms with Gasteiger partial charge in [-0.15, -0.1) is 0 Å². The van der Waals surface area contributed by atoms with Crippen LogP contribution >= 0.6 is 11.6 Å². The number of hydrogen-bond acceptors (Lipinski definition) is 1. The SMILES string of the molecule is Cc1ccc(C2CCC2CN)cc1Cl. The van der Waals surface area contributed by atoms with Gasteiger partial charge in [0.2, 0.25) is 0 Å². The second-order valence-corrected chi connectivity index (χ2v) is 4.60. The molecule has 2 atom stereocenters. The highest BCUT2D eigenvalue weighted by molar-refractivity contribution is 6.31. The highest BCUT2D eigenvalue weighted by Crippen LogP contribution is 2.42. The van der Waals surface area contributed by atoms with Crippen LogP contribution in [0.25, 0.3) is 0 Å². The van der Waals surface area contributed by atoms with E-state index in [1.807, 2.05) is 6.92 Å². The van der Waals surface area contributed by atoms with Gasteiger partial charge in [-0.25, -0.2) is 0 Å². The molecule has 1 saturated carbocycles. The largest absolute Gasteiger partial charge is 0.330 e. The molecule has 0 amide bonds. The molecule has 14 heavy (non-hydrogen) atoms. The Kier molecular flexibility index (Phi) is 2.80. The van der Waals surface area contributed by atoms with Gasteiger partial charge in [0.25, 0.3) is 0 Å². The van der Waals surface area contributed by atoms with Gasteiger partial charge in [0.05, 0.1) is 0 Å². The summed E-state index contributed by atoms with van der Waals surface area (Å²) in [6.45, 7) is 2.84. The number of halogens is 1. The molecular formula is C12H16ClN. The molecule has 1 aromatic carbocycles. The molecule has 1 aliphatic rings. The second-order valence-electron chi connectivity index (χ2n) is 4.19. The van der Waals surface area contributed by atoms with Gasteiger partial charge in [-0.1, -0.05) is 23.7 Å². The maximum atomic E-state index is 6.10. The number of nitrogens with two attached hydrogens (primary N) is 1. The van der Waals surface area contributed by atoms with E-state index >= 15 is 0 Å². The van der Waals surface area contributed by atoms with Gasteiger partial charge in [0.1, 0.15) is 0 Å². The zero-order valence-electron chi connectivity index (χ0n) is 8.46. The topological polar surface area (TPSA) is 26.0 Å². The minimum absolute atomic E-state index is 0.651. The number of hydrogen-bond donors (Lipinski definition) is 1. The van der Waals surface area contributed by atoms with Gasteiger partial charge in [-0.05, 0) is 55.3 Å². The predicted molar refractivity (Wildman–Crippen MR) is 60.7 cm³/mol. The normalized spacial score (nSPS) is 25.9. The van der Waals surface area contributed by atoms with Crippen LogP contribution in [-0.2, 0) is 0 Å². The summed E-state index contributed by atoms with van der Waals surface area (Å²) in [6, 6.07) is 6.39. The second kappa shape index (κ2) is 3.92. The summed E-state index contributed by atoms with van der Waals surface area (Å²) in [6.07, 6.45) is 2.54. The quantitative estimate of drug-likeness (QED) is 0.796. The molecule has 0 bridgehead atoms. The average molecular weight is 210 g/mol. The first-order valence-electron chi connectivity index (χ1n) is 5.18. The minimum Gasteiger partial charge on any atom is -0.330 e. The fraction of sp³-hybridized carbons (Fsp3) is 0.500. The van der Waals surface area contributed by atoms with Crippen LogP contribution in [0.2, 0.25) is 5.02 Å². The van der Waals surface area contributed by atoms with Crippen LogP contribution in [0.5, 0.6) is 0 Å². The molecule has 1 nitrogen and oxygen atoms in total. The average Bonchev–Trinajstić information content (AvgIpc) is 2.10. The Labute approximate surface area is 90.3 Å². The summed E-state index contributed by atoms with van der Waals surface area (Å²) in [5, 5.41) is 0.880. The van der Waals surface area contributed by atoms with Gasteiger partial charge in [-0.2, -0.15) is 0 Å². The van der Waals surface area contributed by atoms with Gasteiger partial charge in [0, 0.05) is 5.02 Å². The van der Waals surface area contributed by atoms with Gasteiger partial charge in [0.15, 0.2) is 0 Å². The maximum Gasteiger partial charge on any atom is 0.0438 e. The van der Waals surface area contributed by atoms with Crippen LogP contribution < -0.4 is 5.73 Å². The lowest BCUT2D eigenvalue weighted by atomic mass is 9.70. The number of aryl methyl sites for hydroxylation is 1. The smallest absolute Gasteiger partial charge is 0.0438 e. The standard InChI is InChI=1S/C12H16ClN/c1-8-2-3-9(6-12(8)13)11-5-4-10(11)7-14/h2-3,6,10-11H,4-5,7,14H2,1H3. The molecule has 2 unspecified atom stereocenters. The molecule has 0 aliphatic heterocycles. The van der Waals surface area contributed by atoms with E-state index in [4.69, 9.17) is 17.3 Å². The van der Waals surface area contributed by atoms with Crippen molar-refractivity contribution >= 4 is 11.6 Å². The fourth-order valence-electron chi connectivity index (χ4n) is 2.13. The van der Waals surface area contributed by atoms with Crippen LogP contribution in [0, 0.1) is 12.8 Å². The third-order valence-corrected chi connectivity index (χ3v) is 3.75. The third-order valence-electron chi connectivity index (χ3n) is 3.34. The van der Waals surface area contributed by atoms with Crippen molar-refractivity contribution in [2.75, 3.05) is 6.54 Å². The highest BCUT2D eigenvalue weighted by Gasteiger charge is 2.30. The lowest BCUT2D eigenvalue weighted by Gasteiger charge is -2.36. The van der Waals surface area contributed by atoms with Crippen LogP contribution in [0.1, 0.15) is 29.9 Å². The zero-order chi connectivity index (χ0) is 10.1. The molecule has 0 spiro atoms. The van der Waals surface area contributed by atoms with Crippen LogP contribution in [0.4, 0.5) is 0 Å². The Morgan fingerprint density at radius 2 is 2.21 bits per heavy atom. The molecular weight excluding hydrogens is 194 g/mol. The summed E-state index contributed by atoms with van der Waals surface area (Å²) in [5.74, 6) is 1.33. The Morgan fingerprint density at radius 3 is 2.71 bits per heavy atom. The molecule has 1 fully saturated rings. The third kappa shape index (κ3) is 1.67. The Hall–Kier alpha value is -0.530. The van der Waals surface area contributed by atoms with E-state index in [9.17, 15) is 0 Å². The minimum atomic E-state index is 0.651. The van der Waals surface area contributed by atoms with E-state index in [1.165, 1.54) is 18.4 Å². The lowest BCUT2D eigenvalue weighted by molar-refractivity contribution is 0.263. The summed E-state index contributed by atoms with van der Waals surface area (Å²) < 4.78 is 0. The maximum absolute atomic E-state index is 6.10. The van der Waals surface area contributed by atoms with Crippen molar-refractivity contribution in [1.82, 2.24) is 0 Å². The van der Waals surface area contributed by atoms with Crippen molar-refractivity contribution in [3.63, 3.8) is 0 Å². The van der Waals surface area contributed by atoms with Crippen molar-refractivity contribution in [2.24, 2.45) is 11.7 Å². The number of benzene rings is 1. The molecule has 0 heterocycles. The molecule has 0 saturated heterocycles. The number of rotatable bonds is 2. The van der Waals surface area contributed by atoms with Crippen molar-refractivity contribution in [3.05, 3.63) is 34.3 Å². The first-order chi connectivity index (χ1) is 6.72. The van der Waals surface area contributed by atoms with E-state index in [-0.39, 0.29) is 0 Å². The fourth-order valence-corrected chi connectivity index (χ4v) is 2.32. The van der Waals surface area contributed by atoms with Crippen LogP contribution in [-0.4, -0.2) is 6.54 Å². The van der Waals surface area contributed by atoms with Crippen molar-refractivity contribution in [3.8, 4) is 0 Å². The van der Waals surface area contributed by atoms with E-state index in [0.717, 1.165) is 17.1 Å². The summed E-state index contributed by atoms with van der Waals surface area (Å²) in [4.78, 5) is 0. The van der Waals surface area contributed by atoms with Crippen LogP contribution in [0.3, 0.4) is 0 Å². The molecule has 0 aromatic heterocycles. The van der Waals surface area contributed by atoms with Crippen molar-refractivity contribution in [1.29, 1.82) is 0 Å². The monoisotopic (exact) mass is 209 g/mol. The summed E-state index contributed by atoms with van der Waals surface area (Å²) >= 11 is 6.10. The van der Waals surface area contributed by atoms with Gasteiger partial charge < -0.3 is 5.73 Å². The highest BCUT2D eigenvalue weighted by atomic mass is 35.5. The van der Waals surface area contributed by atoms with E-state index < -0.39 is 0 Å². The Morgan fingerprint density at radius 1 is 1.43 bits per heavy atom. The molecule has 1 aliphatic carbocycles. The molecule has 1 aromatic rings. The lowest BCUT2D eigenvalue weighted by Crippen LogP contribution is -2.30. The Balaban J connectivity index is 2.20. The van der Waals surface area contributed by atoms with E-state index in [0.29, 0.717) is 11.8 Å². The molecule has 2 rings (SSSR count). The van der Waals surface area contributed by atoms with Crippen molar-refractivity contribution in [2.45, 2.75) is 25.7 Å². The van der Waals surface area contributed by atoms with E-state index in [2.05, 4.69) is 18.2 Å². The Bertz CT molecular complexity index is 333. The van der Waals surface area contributed by atoms with Gasteiger partial charge >= 0.3 is 0 Å². The summed E-state index contributed by atoms with van der Waals surface area (Å²) in [5.41, 5.74) is 8.21.